The molecule has 0 unspecified atom stereocenters. The third kappa shape index (κ3) is 5.17. The fourth-order valence-electron chi connectivity index (χ4n) is 3.50. The highest BCUT2D eigenvalue weighted by Crippen LogP contribution is 2.15. The fraction of sp³-hybridized carbons (Fsp3) is 0.217. The van der Waals surface area contributed by atoms with E-state index in [1.54, 1.807) is 0 Å². The van der Waals surface area contributed by atoms with Crippen LogP contribution in [0.15, 0.2) is 66.7 Å². The van der Waals surface area contributed by atoms with Gasteiger partial charge in [0.25, 0.3) is 5.91 Å². The van der Waals surface area contributed by atoms with Crippen molar-refractivity contribution in [1.29, 1.82) is 0 Å². The SMILES string of the molecule is O=C(NC(=S)Nc1ccc(C[NH+]2CCOCC2)cc1)c1ccc2ccccc2c1. The maximum absolute atomic E-state index is 12.5. The molecule has 1 fully saturated rings. The molecule has 1 amide bonds. The van der Waals surface area contributed by atoms with Crippen molar-refractivity contribution in [3.05, 3.63) is 77.9 Å². The number of rotatable bonds is 4. The van der Waals surface area contributed by atoms with Gasteiger partial charge in [-0.2, -0.15) is 0 Å². The van der Waals surface area contributed by atoms with Crippen LogP contribution in [0.5, 0.6) is 0 Å². The molecule has 3 aromatic carbocycles. The van der Waals surface area contributed by atoms with E-state index >= 15 is 0 Å². The van der Waals surface area contributed by atoms with Gasteiger partial charge in [0.15, 0.2) is 5.11 Å². The van der Waals surface area contributed by atoms with E-state index in [1.165, 1.54) is 10.5 Å². The molecule has 29 heavy (non-hydrogen) atoms. The molecule has 5 nitrogen and oxygen atoms in total. The number of hydrogen-bond donors (Lipinski definition) is 3. The summed E-state index contributed by atoms with van der Waals surface area (Å²) in [4.78, 5) is 14.1. The number of morpholine rings is 1. The Morgan fingerprint density at radius 1 is 0.966 bits per heavy atom. The van der Waals surface area contributed by atoms with Gasteiger partial charge in [-0.05, 0) is 47.3 Å². The van der Waals surface area contributed by atoms with Gasteiger partial charge in [-0.3, -0.25) is 10.1 Å². The van der Waals surface area contributed by atoms with Crippen LogP contribution in [-0.2, 0) is 11.3 Å². The van der Waals surface area contributed by atoms with Crippen LogP contribution in [0, 0.1) is 0 Å². The Bertz CT molecular complexity index is 1010. The second-order valence-electron chi connectivity index (χ2n) is 7.21. The standard InChI is InChI=1S/C23H23N3O2S/c27-22(20-8-7-18-3-1-2-4-19(18)15-20)25-23(29)24-21-9-5-17(6-10-21)16-26-11-13-28-14-12-26/h1-10,15H,11-14,16H2,(H2,24,25,27,29)/p+1. The Kier molecular flexibility index (Phi) is 6.14. The number of hydrogen-bond acceptors (Lipinski definition) is 3. The Morgan fingerprint density at radius 2 is 1.69 bits per heavy atom. The molecule has 1 aliphatic heterocycles. The largest absolute Gasteiger partial charge is 0.370 e. The molecule has 0 aliphatic carbocycles. The van der Waals surface area contributed by atoms with Crippen LogP contribution in [0.25, 0.3) is 10.8 Å². The number of carbonyl (C=O) groups excluding carboxylic acids is 1. The summed E-state index contributed by atoms with van der Waals surface area (Å²) in [5.41, 5.74) is 2.71. The summed E-state index contributed by atoms with van der Waals surface area (Å²) in [5, 5.41) is 8.25. The number of anilines is 1. The smallest absolute Gasteiger partial charge is 0.257 e. The van der Waals surface area contributed by atoms with E-state index in [1.807, 2.05) is 54.6 Å². The van der Waals surface area contributed by atoms with Crippen LogP contribution in [-0.4, -0.2) is 37.3 Å². The molecule has 6 heteroatoms. The van der Waals surface area contributed by atoms with Crippen LogP contribution in [0.1, 0.15) is 15.9 Å². The number of nitrogens with one attached hydrogen (secondary N) is 3. The van der Waals surface area contributed by atoms with Crippen LogP contribution < -0.4 is 15.5 Å². The number of benzene rings is 3. The molecular formula is C23H24N3O2S+. The molecule has 0 aromatic heterocycles. The zero-order chi connectivity index (χ0) is 20.1. The molecule has 0 atom stereocenters. The van der Waals surface area contributed by atoms with Gasteiger partial charge in [0.2, 0.25) is 0 Å². The Labute approximate surface area is 175 Å². The lowest BCUT2D eigenvalue weighted by Gasteiger charge is -2.23. The van der Waals surface area contributed by atoms with Gasteiger partial charge in [0, 0.05) is 16.8 Å². The van der Waals surface area contributed by atoms with E-state index in [4.69, 9.17) is 17.0 Å². The summed E-state index contributed by atoms with van der Waals surface area (Å²) >= 11 is 5.31. The molecule has 0 bridgehead atoms. The highest BCUT2D eigenvalue weighted by atomic mass is 32.1. The third-order valence-corrected chi connectivity index (χ3v) is 5.31. The minimum absolute atomic E-state index is 0.221. The first-order chi connectivity index (χ1) is 14.2. The predicted molar refractivity (Wildman–Crippen MR) is 119 cm³/mol. The van der Waals surface area contributed by atoms with Gasteiger partial charge in [0.1, 0.15) is 19.6 Å². The van der Waals surface area contributed by atoms with Crippen molar-refractivity contribution in [3.8, 4) is 0 Å². The summed E-state index contributed by atoms with van der Waals surface area (Å²) < 4.78 is 5.41. The molecule has 0 spiro atoms. The molecule has 148 valence electrons. The lowest BCUT2D eigenvalue weighted by molar-refractivity contribution is -0.921. The average Bonchev–Trinajstić information content (AvgIpc) is 2.75. The van der Waals surface area contributed by atoms with Gasteiger partial charge in [-0.25, -0.2) is 0 Å². The Balaban J connectivity index is 1.33. The third-order valence-electron chi connectivity index (χ3n) is 5.10. The van der Waals surface area contributed by atoms with E-state index in [2.05, 4.69) is 22.8 Å². The minimum Gasteiger partial charge on any atom is -0.370 e. The zero-order valence-corrected chi connectivity index (χ0v) is 16.9. The molecule has 4 rings (SSSR count). The van der Waals surface area contributed by atoms with E-state index < -0.39 is 0 Å². The van der Waals surface area contributed by atoms with E-state index in [-0.39, 0.29) is 11.0 Å². The second-order valence-corrected chi connectivity index (χ2v) is 7.61. The van der Waals surface area contributed by atoms with Crippen molar-refractivity contribution >= 4 is 39.7 Å². The fourth-order valence-corrected chi connectivity index (χ4v) is 3.71. The lowest BCUT2D eigenvalue weighted by Crippen LogP contribution is -3.12. The molecule has 1 saturated heterocycles. The molecule has 3 aromatic rings. The van der Waals surface area contributed by atoms with Crippen LogP contribution >= 0.6 is 12.2 Å². The molecule has 3 N–H and O–H groups in total. The van der Waals surface area contributed by atoms with Crippen LogP contribution in [0.4, 0.5) is 5.69 Å². The predicted octanol–water partition coefficient (Wildman–Crippen LogP) is 2.38. The quantitative estimate of drug-likeness (QED) is 0.583. The van der Waals surface area contributed by atoms with Gasteiger partial charge >= 0.3 is 0 Å². The van der Waals surface area contributed by atoms with Gasteiger partial charge in [0.05, 0.1) is 13.2 Å². The first-order valence-corrected chi connectivity index (χ1v) is 10.2. The van der Waals surface area contributed by atoms with Crippen molar-refractivity contribution in [2.45, 2.75) is 6.54 Å². The number of fused-ring (bicyclic) bond motifs is 1. The van der Waals surface area contributed by atoms with E-state index in [9.17, 15) is 4.79 Å². The topological polar surface area (TPSA) is 54.8 Å². The van der Waals surface area contributed by atoms with Crippen molar-refractivity contribution in [2.24, 2.45) is 0 Å². The summed E-state index contributed by atoms with van der Waals surface area (Å²) in [6.45, 7) is 4.75. The van der Waals surface area contributed by atoms with E-state index in [0.717, 1.165) is 49.3 Å². The molecule has 1 heterocycles. The van der Waals surface area contributed by atoms with Gasteiger partial charge in [-0.15, -0.1) is 0 Å². The van der Waals surface area contributed by atoms with Gasteiger partial charge < -0.3 is 15.0 Å². The molecule has 0 radical (unpaired) electrons. The second kappa shape index (κ2) is 9.13. The van der Waals surface area contributed by atoms with Crippen molar-refractivity contribution in [3.63, 3.8) is 0 Å². The number of ether oxygens (including phenoxy) is 1. The van der Waals surface area contributed by atoms with Crippen molar-refractivity contribution < 1.29 is 14.4 Å². The summed E-state index contributed by atoms with van der Waals surface area (Å²) in [6.07, 6.45) is 0. The summed E-state index contributed by atoms with van der Waals surface area (Å²) in [7, 11) is 0. The van der Waals surface area contributed by atoms with Crippen LogP contribution in [0.3, 0.4) is 0 Å². The van der Waals surface area contributed by atoms with Gasteiger partial charge in [-0.1, -0.05) is 42.5 Å². The monoisotopic (exact) mass is 406 g/mol. The summed E-state index contributed by atoms with van der Waals surface area (Å²) in [6, 6.07) is 21.7. The number of carbonyl (C=O) groups is 1. The maximum Gasteiger partial charge on any atom is 0.257 e. The van der Waals surface area contributed by atoms with Crippen molar-refractivity contribution in [1.82, 2.24) is 5.32 Å². The first-order valence-electron chi connectivity index (χ1n) is 9.79. The highest BCUT2D eigenvalue weighted by Gasteiger charge is 2.14. The minimum atomic E-state index is -0.221. The normalized spacial score (nSPS) is 14.5. The summed E-state index contributed by atoms with van der Waals surface area (Å²) in [5.74, 6) is -0.221. The number of thiocarbonyl (C=S) groups is 1. The van der Waals surface area contributed by atoms with E-state index in [0.29, 0.717) is 5.56 Å². The van der Waals surface area contributed by atoms with Crippen LogP contribution in [0.2, 0.25) is 0 Å². The molecule has 1 aliphatic rings. The number of quaternary nitrogens is 1. The maximum atomic E-state index is 12.5. The number of amides is 1. The Hall–Kier alpha value is -2.80. The highest BCUT2D eigenvalue weighted by molar-refractivity contribution is 7.80. The first kappa shape index (κ1) is 19.5. The average molecular weight is 407 g/mol. The Morgan fingerprint density at radius 3 is 2.45 bits per heavy atom. The molecule has 0 saturated carbocycles. The lowest BCUT2D eigenvalue weighted by atomic mass is 10.1. The van der Waals surface area contributed by atoms with Crippen molar-refractivity contribution in [2.75, 3.05) is 31.6 Å². The zero-order valence-electron chi connectivity index (χ0n) is 16.1. The molecular weight excluding hydrogens is 382 g/mol.